The van der Waals surface area contributed by atoms with Gasteiger partial charge in [0.15, 0.2) is 6.04 Å². The minimum Gasteiger partial charge on any atom is -0.458 e. The number of halogens is 1. The van der Waals surface area contributed by atoms with Crippen LogP contribution in [0.25, 0.3) is 0 Å². The minimum absolute atomic E-state index is 0.709. The van der Waals surface area contributed by atoms with Gasteiger partial charge < -0.3 is 14.8 Å². The number of carbonyl (C=O) groups is 2. The molecule has 6 heteroatoms. The fourth-order valence-electron chi connectivity index (χ4n) is 0.983. The number of carbonyl (C=O) groups excluding carboxylic acids is 2. The summed E-state index contributed by atoms with van der Waals surface area (Å²) in [7, 11) is 0. The van der Waals surface area contributed by atoms with Crippen molar-refractivity contribution >= 4 is 12.1 Å². The van der Waals surface area contributed by atoms with Crippen LogP contribution in [0.1, 0.15) is 41.5 Å². The molecule has 0 unspecified atom stereocenters. The van der Waals surface area contributed by atoms with Crippen LogP contribution in [0.3, 0.4) is 0 Å². The van der Waals surface area contributed by atoms with Crippen molar-refractivity contribution in [2.45, 2.75) is 58.8 Å². The molecule has 18 heavy (non-hydrogen) atoms. The topological polar surface area (TPSA) is 64.6 Å². The Balaban J connectivity index is 4.44. The van der Waals surface area contributed by atoms with Crippen LogP contribution in [-0.2, 0) is 14.3 Å². The number of alkyl halides is 1. The van der Waals surface area contributed by atoms with E-state index in [0.29, 0.717) is 0 Å². The predicted octanol–water partition coefficient (Wildman–Crippen LogP) is 2.19. The summed E-state index contributed by atoms with van der Waals surface area (Å²) in [6.45, 7) is 8.95. The van der Waals surface area contributed by atoms with E-state index in [-0.39, 0.29) is 0 Å². The van der Waals surface area contributed by atoms with Gasteiger partial charge in [-0.25, -0.2) is 14.0 Å². The second-order valence-corrected chi connectivity index (χ2v) is 5.89. The van der Waals surface area contributed by atoms with Crippen molar-refractivity contribution < 1.29 is 23.5 Å². The van der Waals surface area contributed by atoms with Gasteiger partial charge in [-0.15, -0.1) is 0 Å². The van der Waals surface area contributed by atoms with Gasteiger partial charge in [-0.2, -0.15) is 0 Å². The monoisotopic (exact) mass is 263 g/mol. The van der Waals surface area contributed by atoms with E-state index >= 15 is 0 Å². The van der Waals surface area contributed by atoms with E-state index in [1.807, 2.05) is 0 Å². The molecule has 0 bridgehead atoms. The average Bonchev–Trinajstić information content (AvgIpc) is 2.07. The summed E-state index contributed by atoms with van der Waals surface area (Å²) in [5.74, 6) is -0.823. The molecule has 0 saturated heterocycles. The lowest BCUT2D eigenvalue weighted by atomic mass is 10.2. The largest absolute Gasteiger partial charge is 0.458 e. The van der Waals surface area contributed by atoms with Gasteiger partial charge in [-0.1, -0.05) is 0 Å². The number of amides is 1. The lowest BCUT2D eigenvalue weighted by Crippen LogP contribution is -2.47. The van der Waals surface area contributed by atoms with E-state index in [1.165, 1.54) is 0 Å². The first-order chi connectivity index (χ1) is 7.94. The van der Waals surface area contributed by atoms with E-state index in [1.54, 1.807) is 41.5 Å². The summed E-state index contributed by atoms with van der Waals surface area (Å²) in [6.07, 6.45) is -0.851. The number of hydrogen-bond donors (Lipinski definition) is 1. The third-order valence-electron chi connectivity index (χ3n) is 1.54. The molecule has 0 aromatic heterocycles. The quantitative estimate of drug-likeness (QED) is 0.793. The maximum Gasteiger partial charge on any atom is 0.408 e. The van der Waals surface area contributed by atoms with E-state index in [4.69, 9.17) is 9.47 Å². The maximum atomic E-state index is 12.7. The fraction of sp³-hybridized carbons (Fsp3) is 0.833. The molecule has 0 saturated carbocycles. The Labute approximate surface area is 107 Å². The molecule has 0 aromatic carbocycles. The molecule has 1 amide bonds. The van der Waals surface area contributed by atoms with Crippen molar-refractivity contribution in [3.63, 3.8) is 0 Å². The molecule has 0 aromatic rings. The first kappa shape index (κ1) is 16.7. The first-order valence-electron chi connectivity index (χ1n) is 5.73. The fourth-order valence-corrected chi connectivity index (χ4v) is 0.983. The number of nitrogens with one attached hydrogen (secondary N) is 1. The maximum absolute atomic E-state index is 12.7. The predicted molar refractivity (Wildman–Crippen MR) is 65.0 cm³/mol. The number of ether oxygens (including phenoxy) is 2. The van der Waals surface area contributed by atoms with Crippen LogP contribution in [0, 0.1) is 0 Å². The highest BCUT2D eigenvalue weighted by Crippen LogP contribution is 2.10. The third-order valence-corrected chi connectivity index (χ3v) is 1.54. The van der Waals surface area contributed by atoms with E-state index in [2.05, 4.69) is 5.32 Å². The smallest absolute Gasteiger partial charge is 0.408 e. The molecule has 0 heterocycles. The molecule has 0 aliphatic heterocycles. The second-order valence-electron chi connectivity index (χ2n) is 5.89. The molecule has 1 N–H and O–H groups in total. The molecule has 0 rings (SSSR count). The van der Waals surface area contributed by atoms with Crippen LogP contribution in [0.15, 0.2) is 0 Å². The standard InChI is InChI=1S/C12H22FNO4/c1-11(2,3)17-9(15)8(7-13)14-10(16)18-12(4,5)6/h8H,7H2,1-6H3,(H,14,16)/t8-/m0/s1. The summed E-state index contributed by atoms with van der Waals surface area (Å²) in [5, 5.41) is 2.13. The summed E-state index contributed by atoms with van der Waals surface area (Å²) < 4.78 is 22.6. The zero-order valence-electron chi connectivity index (χ0n) is 11.8. The van der Waals surface area contributed by atoms with Crippen molar-refractivity contribution in [1.29, 1.82) is 0 Å². The average molecular weight is 263 g/mol. The molecule has 0 fully saturated rings. The van der Waals surface area contributed by atoms with Gasteiger partial charge in [0.25, 0.3) is 0 Å². The van der Waals surface area contributed by atoms with Crippen molar-refractivity contribution in [3.05, 3.63) is 0 Å². The number of alkyl carbamates (subject to hydrolysis) is 1. The van der Waals surface area contributed by atoms with Gasteiger partial charge in [0.2, 0.25) is 0 Å². The third kappa shape index (κ3) is 7.86. The van der Waals surface area contributed by atoms with Crippen LogP contribution in [-0.4, -0.2) is 36.0 Å². The van der Waals surface area contributed by atoms with E-state index < -0.39 is 36.0 Å². The molecule has 0 aliphatic carbocycles. The number of hydrogen-bond acceptors (Lipinski definition) is 4. The van der Waals surface area contributed by atoms with Gasteiger partial charge >= 0.3 is 12.1 Å². The van der Waals surface area contributed by atoms with Gasteiger partial charge in [-0.3, -0.25) is 0 Å². The highest BCUT2D eigenvalue weighted by atomic mass is 19.1. The van der Waals surface area contributed by atoms with Crippen LogP contribution >= 0.6 is 0 Å². The van der Waals surface area contributed by atoms with Crippen LogP contribution in [0.2, 0.25) is 0 Å². The van der Waals surface area contributed by atoms with E-state index in [0.717, 1.165) is 0 Å². The molecule has 0 spiro atoms. The van der Waals surface area contributed by atoms with Gasteiger partial charge in [-0.05, 0) is 41.5 Å². The Hall–Kier alpha value is -1.33. The zero-order valence-corrected chi connectivity index (χ0v) is 11.8. The van der Waals surface area contributed by atoms with Gasteiger partial charge in [0.05, 0.1) is 0 Å². The van der Waals surface area contributed by atoms with Crippen molar-refractivity contribution in [1.82, 2.24) is 5.32 Å². The SMILES string of the molecule is CC(C)(C)OC(=O)N[C@@H](CF)C(=O)OC(C)(C)C. The lowest BCUT2D eigenvalue weighted by molar-refractivity contribution is -0.157. The first-order valence-corrected chi connectivity index (χ1v) is 5.73. The van der Waals surface area contributed by atoms with Crippen molar-refractivity contribution in [2.24, 2.45) is 0 Å². The zero-order chi connectivity index (χ0) is 14.6. The molecule has 1 atom stereocenters. The number of rotatable bonds is 3. The van der Waals surface area contributed by atoms with Gasteiger partial charge in [0, 0.05) is 0 Å². The molecule has 106 valence electrons. The summed E-state index contributed by atoms with van der Waals surface area (Å²) >= 11 is 0. The van der Waals surface area contributed by atoms with Crippen molar-refractivity contribution in [3.8, 4) is 0 Å². The highest BCUT2D eigenvalue weighted by molar-refractivity contribution is 5.81. The summed E-state index contributed by atoms with van der Waals surface area (Å²) in [5.41, 5.74) is -1.45. The summed E-state index contributed by atoms with van der Waals surface area (Å²) in [6, 6.07) is -1.35. The Morgan fingerprint density at radius 3 is 1.83 bits per heavy atom. The molecular formula is C12H22FNO4. The highest BCUT2D eigenvalue weighted by Gasteiger charge is 2.28. The normalized spacial score (nSPS) is 13.7. The molecule has 0 radical (unpaired) electrons. The molecule has 0 aliphatic rings. The second kappa shape index (κ2) is 6.02. The van der Waals surface area contributed by atoms with E-state index in [9.17, 15) is 14.0 Å². The number of esters is 1. The summed E-state index contributed by atoms with van der Waals surface area (Å²) in [4.78, 5) is 22.9. The van der Waals surface area contributed by atoms with Crippen LogP contribution in [0.4, 0.5) is 9.18 Å². The molecule has 5 nitrogen and oxygen atoms in total. The lowest BCUT2D eigenvalue weighted by Gasteiger charge is -2.25. The van der Waals surface area contributed by atoms with Crippen LogP contribution < -0.4 is 5.32 Å². The Kier molecular flexibility index (Phi) is 5.57. The minimum atomic E-state index is -1.35. The molecular weight excluding hydrogens is 241 g/mol. The Morgan fingerprint density at radius 1 is 1.06 bits per heavy atom. The Bertz CT molecular complexity index is 304. The van der Waals surface area contributed by atoms with Crippen LogP contribution in [0.5, 0.6) is 0 Å². The van der Waals surface area contributed by atoms with Crippen molar-refractivity contribution in [2.75, 3.05) is 6.67 Å². The van der Waals surface area contributed by atoms with Gasteiger partial charge in [0.1, 0.15) is 17.9 Å². The Morgan fingerprint density at radius 2 is 1.50 bits per heavy atom.